The first-order chi connectivity index (χ1) is 23.3. The minimum Gasteiger partial charge on any atom is -0.465 e. The molecule has 4 rings (SSSR count). The van der Waals surface area contributed by atoms with Crippen LogP contribution in [-0.2, 0) is 19.1 Å². The number of amides is 2. The number of halogens is 2. The molecule has 12 heteroatoms. The van der Waals surface area contributed by atoms with E-state index in [4.69, 9.17) is 32.7 Å². The van der Waals surface area contributed by atoms with E-state index in [0.29, 0.717) is 11.1 Å². The van der Waals surface area contributed by atoms with Crippen LogP contribution in [0.3, 0.4) is 0 Å². The third kappa shape index (κ3) is 11.8. The van der Waals surface area contributed by atoms with E-state index in [-0.39, 0.29) is 25.0 Å². The molecular weight excluding hydrogens is 655 g/mol. The summed E-state index contributed by atoms with van der Waals surface area (Å²) in [5.74, 6) is -1.78. The number of esters is 2. The number of hydrazine groups is 2. The molecule has 4 N–H and O–H groups in total. The number of ether oxygens (including phenoxy) is 2. The van der Waals surface area contributed by atoms with Crippen LogP contribution in [-0.4, -0.2) is 49.1 Å². The second kappa shape index (κ2) is 20.5. The first-order valence-corrected chi connectivity index (χ1v) is 16.1. The van der Waals surface area contributed by atoms with Crippen molar-refractivity contribution in [1.29, 1.82) is 0 Å². The summed E-state index contributed by atoms with van der Waals surface area (Å²) in [6.07, 6.45) is 0. The van der Waals surface area contributed by atoms with Gasteiger partial charge in [0, 0.05) is 11.1 Å². The SMILES string of the molecule is CCOC(=O)[C@@H](NNC(=O)c1ccccc1)[C@@H](Cl)c1ccccc1.CCOC(=O)[C@@H](NNC(=O)c1ccccc1)[C@@H](Cl)c1ccccc1. The lowest BCUT2D eigenvalue weighted by atomic mass is 10.1. The molecule has 0 aliphatic carbocycles. The van der Waals surface area contributed by atoms with E-state index in [0.717, 1.165) is 11.1 Å². The number of benzene rings is 4. The van der Waals surface area contributed by atoms with Crippen molar-refractivity contribution in [2.75, 3.05) is 13.2 Å². The zero-order valence-electron chi connectivity index (χ0n) is 26.5. The summed E-state index contributed by atoms with van der Waals surface area (Å²) < 4.78 is 10.1. The average molecular weight is 694 g/mol. The van der Waals surface area contributed by atoms with Crippen molar-refractivity contribution in [3.63, 3.8) is 0 Å². The van der Waals surface area contributed by atoms with Crippen molar-refractivity contribution >= 4 is 47.0 Å². The largest absolute Gasteiger partial charge is 0.465 e. The fourth-order valence-electron chi connectivity index (χ4n) is 4.24. The summed E-state index contributed by atoms with van der Waals surface area (Å²) in [6.45, 7) is 3.87. The number of hydrogen-bond acceptors (Lipinski definition) is 8. The molecule has 2 amide bonds. The molecule has 48 heavy (non-hydrogen) atoms. The molecule has 0 aliphatic heterocycles. The van der Waals surface area contributed by atoms with Gasteiger partial charge in [-0.05, 0) is 49.2 Å². The first kappa shape index (κ1) is 37.7. The monoisotopic (exact) mass is 692 g/mol. The molecule has 0 heterocycles. The Morgan fingerprint density at radius 2 is 0.812 bits per heavy atom. The first-order valence-electron chi connectivity index (χ1n) is 15.2. The van der Waals surface area contributed by atoms with Gasteiger partial charge >= 0.3 is 11.9 Å². The van der Waals surface area contributed by atoms with Crippen molar-refractivity contribution in [2.45, 2.75) is 36.7 Å². The molecule has 0 spiro atoms. The summed E-state index contributed by atoms with van der Waals surface area (Å²) in [6, 6.07) is 33.8. The minimum absolute atomic E-state index is 0.224. The third-order valence-corrected chi connectivity index (χ3v) is 7.66. The van der Waals surface area contributed by atoms with E-state index >= 15 is 0 Å². The fourth-order valence-corrected chi connectivity index (χ4v) is 4.86. The molecule has 0 unspecified atom stereocenters. The van der Waals surface area contributed by atoms with Crippen LogP contribution in [0.25, 0.3) is 0 Å². The van der Waals surface area contributed by atoms with Gasteiger partial charge in [-0.15, -0.1) is 23.2 Å². The summed E-state index contributed by atoms with van der Waals surface area (Å²) in [5.41, 5.74) is 12.9. The quantitative estimate of drug-likeness (QED) is 0.0755. The van der Waals surface area contributed by atoms with Crippen LogP contribution in [0.1, 0.15) is 56.4 Å². The number of carbonyl (C=O) groups excluding carboxylic acids is 4. The maximum absolute atomic E-state index is 12.2. The summed E-state index contributed by atoms with van der Waals surface area (Å²) in [4.78, 5) is 48.6. The van der Waals surface area contributed by atoms with Gasteiger partial charge in [-0.2, -0.15) is 0 Å². The molecular formula is C36H38Cl2N4O6. The molecule has 4 atom stereocenters. The Bertz CT molecular complexity index is 1450. The molecule has 10 nitrogen and oxygen atoms in total. The van der Waals surface area contributed by atoms with Gasteiger partial charge in [0.1, 0.15) is 12.1 Å². The predicted octanol–water partition coefficient (Wildman–Crippen LogP) is 5.67. The van der Waals surface area contributed by atoms with E-state index in [2.05, 4.69) is 21.7 Å². The molecule has 0 aliphatic rings. The highest BCUT2D eigenvalue weighted by molar-refractivity contribution is 6.23. The number of carbonyl (C=O) groups is 4. The van der Waals surface area contributed by atoms with E-state index in [1.807, 2.05) is 72.8 Å². The van der Waals surface area contributed by atoms with Crippen LogP contribution in [0.5, 0.6) is 0 Å². The van der Waals surface area contributed by atoms with Crippen LogP contribution in [0.15, 0.2) is 121 Å². The Kier molecular flexibility index (Phi) is 16.1. The highest BCUT2D eigenvalue weighted by atomic mass is 35.5. The lowest BCUT2D eigenvalue weighted by Gasteiger charge is -2.22. The van der Waals surface area contributed by atoms with Crippen LogP contribution >= 0.6 is 23.2 Å². The van der Waals surface area contributed by atoms with Crippen LogP contribution in [0.4, 0.5) is 0 Å². The van der Waals surface area contributed by atoms with Crippen molar-refractivity contribution in [2.24, 2.45) is 0 Å². The van der Waals surface area contributed by atoms with Crippen LogP contribution in [0.2, 0.25) is 0 Å². The van der Waals surface area contributed by atoms with Gasteiger partial charge < -0.3 is 9.47 Å². The predicted molar refractivity (Wildman–Crippen MR) is 185 cm³/mol. The lowest BCUT2D eigenvalue weighted by Crippen LogP contribution is -2.50. The van der Waals surface area contributed by atoms with Crippen molar-refractivity contribution in [1.82, 2.24) is 21.7 Å². The smallest absolute Gasteiger partial charge is 0.326 e. The van der Waals surface area contributed by atoms with E-state index < -0.39 is 34.8 Å². The lowest BCUT2D eigenvalue weighted by molar-refractivity contribution is -0.146. The highest BCUT2D eigenvalue weighted by Crippen LogP contribution is 2.26. The Labute approximate surface area is 290 Å². The number of hydrogen-bond donors (Lipinski definition) is 4. The Morgan fingerprint density at radius 1 is 0.521 bits per heavy atom. The van der Waals surface area contributed by atoms with Crippen molar-refractivity contribution in [3.05, 3.63) is 144 Å². The van der Waals surface area contributed by atoms with E-state index in [1.54, 1.807) is 62.4 Å². The van der Waals surface area contributed by atoms with Crippen LogP contribution < -0.4 is 21.7 Å². The highest BCUT2D eigenvalue weighted by Gasteiger charge is 2.31. The van der Waals surface area contributed by atoms with Gasteiger partial charge in [-0.1, -0.05) is 97.1 Å². The molecule has 0 bridgehead atoms. The number of nitrogens with one attached hydrogen (secondary N) is 4. The molecule has 0 aromatic heterocycles. The molecule has 252 valence electrons. The van der Waals surface area contributed by atoms with Gasteiger partial charge in [0.2, 0.25) is 0 Å². The van der Waals surface area contributed by atoms with E-state index in [9.17, 15) is 19.2 Å². The van der Waals surface area contributed by atoms with Gasteiger partial charge in [0.15, 0.2) is 0 Å². The fraction of sp³-hybridized carbons (Fsp3) is 0.222. The van der Waals surface area contributed by atoms with Crippen molar-refractivity contribution in [3.8, 4) is 0 Å². The summed E-state index contributed by atoms with van der Waals surface area (Å²) >= 11 is 12.8. The Morgan fingerprint density at radius 3 is 1.10 bits per heavy atom. The molecule has 0 radical (unpaired) electrons. The maximum atomic E-state index is 12.2. The summed E-state index contributed by atoms with van der Waals surface area (Å²) in [5, 5.41) is -1.39. The summed E-state index contributed by atoms with van der Waals surface area (Å²) in [7, 11) is 0. The van der Waals surface area contributed by atoms with Crippen LogP contribution in [0, 0.1) is 0 Å². The van der Waals surface area contributed by atoms with E-state index in [1.165, 1.54) is 0 Å². The molecule has 0 saturated heterocycles. The normalized spacial score (nSPS) is 12.9. The Balaban J connectivity index is 0.000000260. The minimum atomic E-state index is -0.915. The second-order valence-corrected chi connectivity index (χ2v) is 11.0. The Hall–Kier alpha value is -4.74. The van der Waals surface area contributed by atoms with Crippen molar-refractivity contribution < 1.29 is 28.7 Å². The molecule has 4 aromatic carbocycles. The number of alkyl halides is 2. The number of rotatable bonds is 14. The van der Waals surface area contributed by atoms with Gasteiger partial charge in [-0.3, -0.25) is 30.0 Å². The maximum Gasteiger partial charge on any atom is 0.326 e. The molecule has 4 aromatic rings. The zero-order valence-corrected chi connectivity index (χ0v) is 28.0. The zero-order chi connectivity index (χ0) is 34.7. The third-order valence-electron chi connectivity index (χ3n) is 6.66. The van der Waals surface area contributed by atoms with Gasteiger partial charge in [-0.25, -0.2) is 10.9 Å². The van der Waals surface area contributed by atoms with Gasteiger partial charge in [0.05, 0.1) is 24.0 Å². The molecule has 0 saturated carbocycles. The second-order valence-electron chi connectivity index (χ2n) is 10.0. The topological polar surface area (TPSA) is 135 Å². The molecule has 0 fully saturated rings. The van der Waals surface area contributed by atoms with Gasteiger partial charge in [0.25, 0.3) is 11.8 Å². The average Bonchev–Trinajstić information content (AvgIpc) is 3.13. The standard InChI is InChI=1S/2C18H19ClN2O3/c2*1-2-24-18(23)16(15(19)13-9-5-3-6-10-13)20-21-17(22)14-11-7-4-8-12-14/h2*3-12,15-16,20H,2H2,1H3,(H,21,22)/t2*15-,16-/m00/s1.